The molecule has 0 aliphatic carbocycles. The number of likely N-dealkylation sites (N-methyl/N-ethyl adjacent to an activating group) is 1. The van der Waals surface area contributed by atoms with E-state index in [1.54, 1.807) is 25.7 Å². The highest BCUT2D eigenvalue weighted by Gasteiger charge is 2.36. The van der Waals surface area contributed by atoms with E-state index in [0.29, 0.717) is 12.2 Å². The molecule has 2 rings (SSSR count). The Morgan fingerprint density at radius 1 is 1.43 bits per heavy atom. The summed E-state index contributed by atoms with van der Waals surface area (Å²) >= 11 is 0. The number of fused-ring (bicyclic) bond motifs is 1. The zero-order valence-electron chi connectivity index (χ0n) is 11.7. The fourth-order valence-electron chi connectivity index (χ4n) is 2.19. The van der Waals surface area contributed by atoms with Gasteiger partial charge in [-0.3, -0.25) is 10.1 Å². The summed E-state index contributed by atoms with van der Waals surface area (Å²) < 4.78 is 4.59. The predicted octanol–water partition coefficient (Wildman–Crippen LogP) is 1.82. The van der Waals surface area contributed by atoms with E-state index in [1.807, 2.05) is 0 Å². The molecule has 21 heavy (non-hydrogen) atoms. The number of anilines is 1. The fraction of sp³-hybridized carbons (Fsp3) is 0.417. The van der Waals surface area contributed by atoms with Gasteiger partial charge in [0.15, 0.2) is 5.52 Å². The van der Waals surface area contributed by atoms with Crippen LogP contribution in [0, 0.1) is 10.1 Å². The van der Waals surface area contributed by atoms with Gasteiger partial charge in [-0.05, 0) is 37.2 Å². The van der Waals surface area contributed by atoms with Crippen LogP contribution in [0.3, 0.4) is 0 Å². The van der Waals surface area contributed by atoms with Crippen LogP contribution in [0.4, 0.5) is 11.4 Å². The smallest absolute Gasteiger partial charge is 0.328 e. The number of aromatic nitrogens is 2. The van der Waals surface area contributed by atoms with Gasteiger partial charge in [-0.15, -0.1) is 0 Å². The first-order valence-corrected chi connectivity index (χ1v) is 6.21. The van der Waals surface area contributed by atoms with E-state index in [-0.39, 0.29) is 16.7 Å². The average Bonchev–Trinajstić information content (AvgIpc) is 2.88. The molecule has 0 bridgehead atoms. The van der Waals surface area contributed by atoms with Crippen LogP contribution in [0.1, 0.15) is 20.8 Å². The summed E-state index contributed by atoms with van der Waals surface area (Å²) in [6, 6.07) is 2.72. The van der Waals surface area contributed by atoms with Crippen molar-refractivity contribution >= 4 is 28.4 Å². The maximum Gasteiger partial charge on any atom is 0.328 e. The Labute approximate surface area is 119 Å². The molecule has 0 atom stereocenters. The van der Waals surface area contributed by atoms with E-state index < -0.39 is 16.4 Å². The van der Waals surface area contributed by atoms with E-state index in [9.17, 15) is 20.0 Å². The summed E-state index contributed by atoms with van der Waals surface area (Å²) in [5.74, 6) is -1.02. The molecule has 0 saturated heterocycles. The Morgan fingerprint density at radius 2 is 2.05 bits per heavy atom. The number of nitro benzene ring substituents is 1. The molecule has 1 aromatic heterocycles. The molecule has 0 amide bonds. The van der Waals surface area contributed by atoms with Crippen LogP contribution in [-0.4, -0.2) is 38.4 Å². The van der Waals surface area contributed by atoms with Crippen molar-refractivity contribution in [3.05, 3.63) is 22.2 Å². The van der Waals surface area contributed by atoms with E-state index in [1.165, 1.54) is 12.1 Å². The number of carboxylic acid groups (broad SMARTS) is 1. The van der Waals surface area contributed by atoms with Crippen molar-refractivity contribution in [2.24, 2.45) is 0 Å². The van der Waals surface area contributed by atoms with Crippen molar-refractivity contribution in [2.75, 3.05) is 11.4 Å². The number of nitrogens with zero attached hydrogens (tertiary/aromatic N) is 4. The number of aliphatic carboxylic acids is 1. The number of nitro groups is 1. The van der Waals surface area contributed by atoms with Gasteiger partial charge in [0, 0.05) is 12.6 Å². The third-order valence-corrected chi connectivity index (χ3v) is 3.37. The topological polar surface area (TPSA) is 123 Å². The van der Waals surface area contributed by atoms with Gasteiger partial charge >= 0.3 is 11.7 Å². The van der Waals surface area contributed by atoms with E-state index in [4.69, 9.17) is 0 Å². The van der Waals surface area contributed by atoms with Gasteiger partial charge in [0.25, 0.3) is 0 Å². The molecule has 1 N–H and O–H groups in total. The van der Waals surface area contributed by atoms with Crippen LogP contribution in [0.2, 0.25) is 0 Å². The van der Waals surface area contributed by atoms with Crippen molar-refractivity contribution in [1.82, 2.24) is 10.3 Å². The summed E-state index contributed by atoms with van der Waals surface area (Å²) in [4.78, 5) is 23.4. The first-order valence-electron chi connectivity index (χ1n) is 6.21. The van der Waals surface area contributed by atoms with Crippen molar-refractivity contribution in [3.63, 3.8) is 0 Å². The lowest BCUT2D eigenvalue weighted by Crippen LogP contribution is -2.50. The average molecular weight is 294 g/mol. The molecule has 2 aromatic rings. The summed E-state index contributed by atoms with van der Waals surface area (Å²) in [6.07, 6.45) is 0. The standard InChI is InChI=1S/C12H14N4O5/c1-4-15(12(2,3)11(17)18)7-5-6-8(16(19)20)10-9(7)13-21-14-10/h5-6H,4H2,1-3H3,(H,17,18). The largest absolute Gasteiger partial charge is 0.480 e. The minimum Gasteiger partial charge on any atom is -0.480 e. The highest BCUT2D eigenvalue weighted by Crippen LogP contribution is 2.34. The number of hydrogen-bond acceptors (Lipinski definition) is 7. The molecule has 1 aromatic carbocycles. The third kappa shape index (κ3) is 2.26. The fourth-order valence-corrected chi connectivity index (χ4v) is 2.19. The Balaban J connectivity index is 2.67. The van der Waals surface area contributed by atoms with E-state index in [0.717, 1.165) is 0 Å². The first-order chi connectivity index (χ1) is 9.80. The number of non-ortho nitro benzene ring substituents is 1. The highest BCUT2D eigenvalue weighted by atomic mass is 16.6. The maximum absolute atomic E-state index is 11.4. The van der Waals surface area contributed by atoms with Crippen LogP contribution >= 0.6 is 0 Å². The predicted molar refractivity (Wildman–Crippen MR) is 73.2 cm³/mol. The Morgan fingerprint density at radius 3 is 2.57 bits per heavy atom. The van der Waals surface area contributed by atoms with Gasteiger partial charge in [0.05, 0.1) is 10.6 Å². The molecule has 0 aliphatic rings. The van der Waals surface area contributed by atoms with E-state index >= 15 is 0 Å². The lowest BCUT2D eigenvalue weighted by atomic mass is 10.0. The van der Waals surface area contributed by atoms with Crippen molar-refractivity contribution in [2.45, 2.75) is 26.3 Å². The monoisotopic (exact) mass is 294 g/mol. The number of carbonyl (C=O) groups is 1. The molecule has 0 aliphatic heterocycles. The quantitative estimate of drug-likeness (QED) is 0.654. The van der Waals surface area contributed by atoms with Crippen molar-refractivity contribution < 1.29 is 19.5 Å². The normalized spacial score (nSPS) is 11.6. The Kier molecular flexibility index (Phi) is 3.50. The summed E-state index contributed by atoms with van der Waals surface area (Å²) in [5.41, 5.74) is -0.861. The minimum atomic E-state index is -1.21. The van der Waals surface area contributed by atoms with Gasteiger partial charge in [-0.1, -0.05) is 0 Å². The molecule has 112 valence electrons. The zero-order valence-corrected chi connectivity index (χ0v) is 11.7. The van der Waals surface area contributed by atoms with Crippen LogP contribution in [-0.2, 0) is 4.79 Å². The van der Waals surface area contributed by atoms with Crippen LogP contribution in [0.5, 0.6) is 0 Å². The molecule has 0 spiro atoms. The molecule has 0 unspecified atom stereocenters. The van der Waals surface area contributed by atoms with Crippen LogP contribution in [0.15, 0.2) is 16.8 Å². The lowest BCUT2D eigenvalue weighted by Gasteiger charge is -2.36. The van der Waals surface area contributed by atoms with Gasteiger partial charge < -0.3 is 10.0 Å². The number of carboxylic acids is 1. The molecule has 1 heterocycles. The summed E-state index contributed by atoms with van der Waals surface area (Å²) in [6.45, 7) is 5.24. The lowest BCUT2D eigenvalue weighted by molar-refractivity contribution is -0.383. The van der Waals surface area contributed by atoms with E-state index in [2.05, 4.69) is 14.9 Å². The van der Waals surface area contributed by atoms with Gasteiger partial charge in [-0.2, -0.15) is 0 Å². The van der Waals surface area contributed by atoms with Gasteiger partial charge in [-0.25, -0.2) is 9.42 Å². The third-order valence-electron chi connectivity index (χ3n) is 3.37. The highest BCUT2D eigenvalue weighted by molar-refractivity contribution is 5.96. The first kappa shape index (κ1) is 14.7. The Bertz CT molecular complexity index is 709. The molecular formula is C12H14N4O5. The van der Waals surface area contributed by atoms with Crippen LogP contribution in [0.25, 0.3) is 11.0 Å². The number of rotatable bonds is 5. The van der Waals surface area contributed by atoms with Crippen molar-refractivity contribution in [1.29, 1.82) is 0 Å². The molecule has 0 fully saturated rings. The van der Waals surface area contributed by atoms with Crippen molar-refractivity contribution in [3.8, 4) is 0 Å². The number of hydrogen-bond donors (Lipinski definition) is 1. The second kappa shape index (κ2) is 5.00. The second-order valence-electron chi connectivity index (χ2n) is 4.93. The summed E-state index contributed by atoms with van der Waals surface area (Å²) in [5, 5.41) is 27.5. The maximum atomic E-state index is 11.4. The SMILES string of the molecule is CCN(c1ccc([N+](=O)[O-])c2nonc12)C(C)(C)C(=O)O. The molecule has 0 saturated carbocycles. The summed E-state index contributed by atoms with van der Waals surface area (Å²) in [7, 11) is 0. The van der Waals surface area contributed by atoms with Crippen LogP contribution < -0.4 is 4.90 Å². The molecule has 9 heteroatoms. The Hall–Kier alpha value is -2.71. The molecular weight excluding hydrogens is 280 g/mol. The molecule has 0 radical (unpaired) electrons. The molecule has 9 nitrogen and oxygen atoms in total. The van der Waals surface area contributed by atoms with Gasteiger partial charge in [0.1, 0.15) is 5.54 Å². The minimum absolute atomic E-state index is 0.00265. The van der Waals surface area contributed by atoms with Gasteiger partial charge in [0.2, 0.25) is 5.52 Å². The second-order valence-corrected chi connectivity index (χ2v) is 4.93. The number of benzene rings is 1. The zero-order chi connectivity index (χ0) is 15.8.